The van der Waals surface area contributed by atoms with E-state index in [4.69, 9.17) is 10.9 Å². The van der Waals surface area contributed by atoms with E-state index in [0.717, 1.165) is 12.8 Å². The minimum Gasteiger partial charge on any atom is -0.409 e. The SMILES string of the molecule is Cc1nn(C)c(C)c1S(=O)(=O)NC(C(N)=NO)C1CC1. The number of nitrogens with one attached hydrogen (secondary N) is 1. The van der Waals surface area contributed by atoms with Gasteiger partial charge in [0.05, 0.1) is 17.4 Å². The maximum Gasteiger partial charge on any atom is 0.244 e. The summed E-state index contributed by atoms with van der Waals surface area (Å²) in [6.07, 6.45) is 1.71. The lowest BCUT2D eigenvalue weighted by atomic mass is 10.2. The minimum absolute atomic E-state index is 0.0814. The maximum atomic E-state index is 12.5. The van der Waals surface area contributed by atoms with Gasteiger partial charge in [-0.2, -0.15) is 9.82 Å². The second kappa shape index (κ2) is 5.06. The molecule has 20 heavy (non-hydrogen) atoms. The van der Waals surface area contributed by atoms with E-state index in [1.54, 1.807) is 20.9 Å². The summed E-state index contributed by atoms with van der Waals surface area (Å²) >= 11 is 0. The fraction of sp³-hybridized carbons (Fsp3) is 0.636. The topological polar surface area (TPSA) is 123 Å². The van der Waals surface area contributed by atoms with Crippen molar-refractivity contribution in [1.82, 2.24) is 14.5 Å². The Morgan fingerprint density at radius 3 is 2.55 bits per heavy atom. The Morgan fingerprint density at radius 2 is 2.15 bits per heavy atom. The van der Waals surface area contributed by atoms with Crippen LogP contribution in [0.5, 0.6) is 0 Å². The van der Waals surface area contributed by atoms with Crippen LogP contribution in [-0.2, 0) is 17.1 Å². The fourth-order valence-electron chi connectivity index (χ4n) is 2.26. The highest BCUT2D eigenvalue weighted by Gasteiger charge is 2.38. The van der Waals surface area contributed by atoms with Gasteiger partial charge in [-0.3, -0.25) is 4.68 Å². The van der Waals surface area contributed by atoms with Crippen molar-refractivity contribution in [2.24, 2.45) is 23.9 Å². The number of hydrogen-bond donors (Lipinski definition) is 3. The first-order chi connectivity index (χ1) is 9.27. The van der Waals surface area contributed by atoms with Crippen LogP contribution in [0, 0.1) is 19.8 Å². The third-order valence-corrected chi connectivity index (χ3v) is 5.21. The number of nitrogens with zero attached hydrogens (tertiary/aromatic N) is 3. The Kier molecular flexibility index (Phi) is 3.74. The number of amidine groups is 1. The minimum atomic E-state index is -3.77. The highest BCUT2D eigenvalue weighted by molar-refractivity contribution is 7.89. The van der Waals surface area contributed by atoms with Gasteiger partial charge in [0.15, 0.2) is 5.84 Å². The van der Waals surface area contributed by atoms with Gasteiger partial charge in [-0.25, -0.2) is 8.42 Å². The third-order valence-electron chi connectivity index (χ3n) is 3.52. The largest absolute Gasteiger partial charge is 0.409 e. The molecule has 1 heterocycles. The van der Waals surface area contributed by atoms with E-state index in [1.807, 2.05) is 0 Å². The second-order valence-corrected chi connectivity index (χ2v) is 6.74. The Balaban J connectivity index is 2.35. The van der Waals surface area contributed by atoms with Crippen molar-refractivity contribution in [3.63, 3.8) is 0 Å². The van der Waals surface area contributed by atoms with Gasteiger partial charge in [0.1, 0.15) is 4.90 Å². The standard InChI is InChI=1S/C11H19N5O3S/c1-6-10(7(2)16(3)13-6)20(18,19)15-9(8-4-5-8)11(12)14-17/h8-9,15,17H,4-5H2,1-3H3,(H2,12,14). The molecule has 1 aliphatic rings. The molecule has 0 bridgehead atoms. The Hall–Kier alpha value is -1.61. The van der Waals surface area contributed by atoms with Crippen molar-refractivity contribution in [2.45, 2.75) is 37.6 Å². The molecule has 1 fully saturated rings. The fourth-order valence-corrected chi connectivity index (χ4v) is 3.98. The highest BCUT2D eigenvalue weighted by Crippen LogP contribution is 2.33. The van der Waals surface area contributed by atoms with E-state index in [1.165, 1.54) is 4.68 Å². The Bertz CT molecular complexity index is 645. The zero-order valence-corrected chi connectivity index (χ0v) is 12.5. The van der Waals surface area contributed by atoms with E-state index < -0.39 is 16.1 Å². The quantitative estimate of drug-likeness (QED) is 0.302. The zero-order chi connectivity index (χ0) is 15.1. The van der Waals surface area contributed by atoms with Crippen molar-refractivity contribution in [2.75, 3.05) is 0 Å². The molecule has 0 aromatic carbocycles. The molecule has 0 spiro atoms. The van der Waals surface area contributed by atoms with Gasteiger partial charge in [0.25, 0.3) is 0 Å². The lowest BCUT2D eigenvalue weighted by Gasteiger charge is -2.17. The molecule has 2 rings (SSSR count). The summed E-state index contributed by atoms with van der Waals surface area (Å²) in [7, 11) is -2.08. The summed E-state index contributed by atoms with van der Waals surface area (Å²) in [5, 5.41) is 15.8. The number of nitrogens with two attached hydrogens (primary N) is 1. The van der Waals surface area contributed by atoms with E-state index in [2.05, 4.69) is 15.0 Å². The molecule has 0 saturated heterocycles. The monoisotopic (exact) mass is 301 g/mol. The van der Waals surface area contributed by atoms with Gasteiger partial charge in [0.2, 0.25) is 10.0 Å². The van der Waals surface area contributed by atoms with Crippen molar-refractivity contribution >= 4 is 15.9 Å². The summed E-state index contributed by atoms with van der Waals surface area (Å²) in [5.41, 5.74) is 6.55. The number of oxime groups is 1. The van der Waals surface area contributed by atoms with Gasteiger partial charge >= 0.3 is 0 Å². The molecule has 1 saturated carbocycles. The summed E-state index contributed by atoms with van der Waals surface area (Å²) in [6.45, 7) is 3.32. The summed E-state index contributed by atoms with van der Waals surface area (Å²) in [6, 6.07) is -0.677. The lowest BCUT2D eigenvalue weighted by Crippen LogP contribution is -2.46. The smallest absolute Gasteiger partial charge is 0.244 e. The molecule has 0 amide bonds. The lowest BCUT2D eigenvalue weighted by molar-refractivity contribution is 0.314. The summed E-state index contributed by atoms with van der Waals surface area (Å²) in [4.78, 5) is 0.149. The average Bonchev–Trinajstić information content (AvgIpc) is 3.15. The van der Waals surface area contributed by atoms with Crippen molar-refractivity contribution in [3.8, 4) is 0 Å². The molecule has 1 atom stereocenters. The number of rotatable bonds is 5. The second-order valence-electron chi connectivity index (χ2n) is 5.08. The first-order valence-corrected chi connectivity index (χ1v) is 7.76. The van der Waals surface area contributed by atoms with Crippen LogP contribution in [0.1, 0.15) is 24.2 Å². The molecule has 0 radical (unpaired) electrons. The molecule has 1 aromatic rings. The van der Waals surface area contributed by atoms with Crippen LogP contribution in [0.4, 0.5) is 0 Å². The van der Waals surface area contributed by atoms with Crippen LogP contribution < -0.4 is 10.5 Å². The Labute approximate surface area is 117 Å². The van der Waals surface area contributed by atoms with Gasteiger partial charge in [-0.1, -0.05) is 5.16 Å². The van der Waals surface area contributed by atoms with Crippen LogP contribution in [0.15, 0.2) is 10.1 Å². The molecule has 4 N–H and O–H groups in total. The van der Waals surface area contributed by atoms with E-state index in [0.29, 0.717) is 11.4 Å². The Morgan fingerprint density at radius 1 is 1.55 bits per heavy atom. The first kappa shape index (κ1) is 14.8. The zero-order valence-electron chi connectivity index (χ0n) is 11.7. The number of aromatic nitrogens is 2. The molecular weight excluding hydrogens is 282 g/mol. The predicted octanol–water partition coefficient (Wildman–Crippen LogP) is -0.160. The van der Waals surface area contributed by atoms with Crippen molar-refractivity contribution in [3.05, 3.63) is 11.4 Å². The van der Waals surface area contributed by atoms with E-state index >= 15 is 0 Å². The van der Waals surface area contributed by atoms with Gasteiger partial charge in [-0.15, -0.1) is 0 Å². The van der Waals surface area contributed by atoms with Crippen molar-refractivity contribution < 1.29 is 13.6 Å². The van der Waals surface area contributed by atoms with E-state index in [-0.39, 0.29) is 16.6 Å². The number of hydrogen-bond acceptors (Lipinski definition) is 5. The molecule has 0 aliphatic heterocycles. The van der Waals surface area contributed by atoms with Crippen LogP contribution in [0.2, 0.25) is 0 Å². The molecule has 9 heteroatoms. The number of aryl methyl sites for hydroxylation is 2. The molecule has 1 aromatic heterocycles. The van der Waals surface area contributed by atoms with E-state index in [9.17, 15) is 8.42 Å². The molecule has 112 valence electrons. The highest BCUT2D eigenvalue weighted by atomic mass is 32.2. The molecule has 1 unspecified atom stereocenters. The van der Waals surface area contributed by atoms with Gasteiger partial charge < -0.3 is 10.9 Å². The molecular formula is C11H19N5O3S. The average molecular weight is 301 g/mol. The molecule has 1 aliphatic carbocycles. The first-order valence-electron chi connectivity index (χ1n) is 6.28. The maximum absolute atomic E-state index is 12.5. The summed E-state index contributed by atoms with van der Waals surface area (Å²) in [5.74, 6) is -0.0340. The van der Waals surface area contributed by atoms with Gasteiger partial charge in [0, 0.05) is 7.05 Å². The number of sulfonamides is 1. The predicted molar refractivity (Wildman–Crippen MR) is 72.9 cm³/mol. The molecule has 8 nitrogen and oxygen atoms in total. The van der Waals surface area contributed by atoms with Crippen LogP contribution >= 0.6 is 0 Å². The summed E-state index contributed by atoms with van der Waals surface area (Å²) < 4.78 is 29.0. The van der Waals surface area contributed by atoms with Crippen LogP contribution in [-0.4, -0.2) is 35.3 Å². The van der Waals surface area contributed by atoms with Crippen LogP contribution in [0.25, 0.3) is 0 Å². The normalized spacial score (nSPS) is 18.2. The van der Waals surface area contributed by atoms with Crippen LogP contribution in [0.3, 0.4) is 0 Å². The van der Waals surface area contributed by atoms with Gasteiger partial charge in [-0.05, 0) is 32.6 Å². The van der Waals surface area contributed by atoms with Crippen molar-refractivity contribution in [1.29, 1.82) is 0 Å². The third kappa shape index (κ3) is 2.63.